The molecule has 6 heteroatoms. The number of alkyl halides is 3. The minimum atomic E-state index is -4.44. The molecule has 1 saturated carbocycles. The molecule has 0 amide bonds. The van der Waals surface area contributed by atoms with E-state index in [0.29, 0.717) is 31.4 Å². The summed E-state index contributed by atoms with van der Waals surface area (Å²) in [6.07, 6.45) is -1.87. The molecule has 0 bridgehead atoms. The van der Waals surface area contributed by atoms with E-state index in [-0.39, 0.29) is 17.7 Å². The molecule has 0 saturated heterocycles. The van der Waals surface area contributed by atoms with Gasteiger partial charge in [-0.15, -0.1) is 0 Å². The summed E-state index contributed by atoms with van der Waals surface area (Å²) in [4.78, 5) is 1.96. The van der Waals surface area contributed by atoms with Crippen LogP contribution >= 0.6 is 0 Å². The zero-order valence-corrected chi connectivity index (χ0v) is 16.7. The molecule has 158 valence electrons. The Morgan fingerprint density at radius 3 is 2.41 bits per heavy atom. The molecule has 3 rings (SSSR count). The molecule has 2 aromatic carbocycles. The van der Waals surface area contributed by atoms with E-state index in [1.54, 1.807) is 18.2 Å². The lowest BCUT2D eigenvalue weighted by Gasteiger charge is -2.45. The predicted octanol–water partition coefficient (Wildman–Crippen LogP) is 5.25. The van der Waals surface area contributed by atoms with Gasteiger partial charge in [-0.25, -0.2) is 4.39 Å². The largest absolute Gasteiger partial charge is 0.416 e. The average molecular weight is 409 g/mol. The van der Waals surface area contributed by atoms with E-state index in [1.165, 1.54) is 18.2 Å². The van der Waals surface area contributed by atoms with Crippen LogP contribution in [0, 0.1) is 17.7 Å². The molecule has 0 radical (unpaired) electrons. The van der Waals surface area contributed by atoms with E-state index >= 15 is 0 Å². The lowest BCUT2D eigenvalue weighted by Crippen LogP contribution is -2.45. The molecule has 1 aliphatic rings. The van der Waals surface area contributed by atoms with Crippen molar-refractivity contribution >= 4 is 0 Å². The Balaban J connectivity index is 1.84. The Kier molecular flexibility index (Phi) is 6.34. The average Bonchev–Trinajstić information content (AvgIpc) is 2.65. The third-order valence-electron chi connectivity index (χ3n) is 5.94. The smallest absolute Gasteiger partial charge is 0.385 e. The first-order valence-electron chi connectivity index (χ1n) is 9.87. The van der Waals surface area contributed by atoms with E-state index < -0.39 is 17.3 Å². The fourth-order valence-electron chi connectivity index (χ4n) is 4.49. The van der Waals surface area contributed by atoms with Gasteiger partial charge in [0.15, 0.2) is 0 Å². The Labute approximate surface area is 169 Å². The first-order valence-corrected chi connectivity index (χ1v) is 9.87. The van der Waals surface area contributed by atoms with Crippen LogP contribution in [0.2, 0.25) is 0 Å². The second-order valence-electron chi connectivity index (χ2n) is 8.43. The molecule has 1 aliphatic carbocycles. The summed E-state index contributed by atoms with van der Waals surface area (Å²) in [5.41, 5.74) is -0.672. The minimum absolute atomic E-state index is 0.194. The summed E-state index contributed by atoms with van der Waals surface area (Å²) in [5.74, 6) is -0.182. The molecule has 1 fully saturated rings. The van der Waals surface area contributed by atoms with Crippen molar-refractivity contribution in [2.24, 2.45) is 11.8 Å². The van der Waals surface area contributed by atoms with Gasteiger partial charge < -0.3 is 10.0 Å². The normalized spacial score (nSPS) is 25.4. The first-order chi connectivity index (χ1) is 13.6. The van der Waals surface area contributed by atoms with Gasteiger partial charge in [0.1, 0.15) is 5.82 Å². The lowest BCUT2D eigenvalue weighted by molar-refractivity contribution is -0.138. The molecule has 3 unspecified atom stereocenters. The Morgan fingerprint density at radius 1 is 1.10 bits per heavy atom. The Bertz CT molecular complexity index is 818. The van der Waals surface area contributed by atoms with Crippen LogP contribution in [0.15, 0.2) is 48.5 Å². The summed E-state index contributed by atoms with van der Waals surface area (Å²) >= 11 is 0. The zero-order chi connectivity index (χ0) is 21.2. The molecule has 2 nitrogen and oxygen atoms in total. The van der Waals surface area contributed by atoms with Crippen molar-refractivity contribution in [2.75, 3.05) is 20.6 Å². The van der Waals surface area contributed by atoms with Gasteiger partial charge in [-0.2, -0.15) is 13.2 Å². The second-order valence-corrected chi connectivity index (χ2v) is 8.43. The van der Waals surface area contributed by atoms with E-state index in [9.17, 15) is 22.7 Å². The molecule has 29 heavy (non-hydrogen) atoms. The molecular weight excluding hydrogens is 382 g/mol. The number of benzene rings is 2. The molecule has 3 atom stereocenters. The zero-order valence-electron chi connectivity index (χ0n) is 16.7. The van der Waals surface area contributed by atoms with Crippen LogP contribution in [-0.4, -0.2) is 30.6 Å². The fourth-order valence-corrected chi connectivity index (χ4v) is 4.49. The third-order valence-corrected chi connectivity index (χ3v) is 5.94. The van der Waals surface area contributed by atoms with Crippen molar-refractivity contribution in [1.29, 1.82) is 0 Å². The van der Waals surface area contributed by atoms with Crippen LogP contribution in [0.5, 0.6) is 0 Å². The van der Waals surface area contributed by atoms with Crippen molar-refractivity contribution in [2.45, 2.75) is 37.5 Å². The fraction of sp³-hybridized carbons (Fsp3) is 0.478. The molecule has 0 aliphatic heterocycles. The standard InChI is InChI=1S/C23H27F4NO/c1-28(2)15-20-13-17(12-16-6-8-21(24)9-7-16)10-11-22(20,29)18-4-3-5-19(14-18)23(25,26)27/h3-9,14,17,20,29H,10-13,15H2,1-2H3. The van der Waals surface area contributed by atoms with Gasteiger partial charge in [0, 0.05) is 12.5 Å². The van der Waals surface area contributed by atoms with Crippen LogP contribution in [-0.2, 0) is 18.2 Å². The topological polar surface area (TPSA) is 23.5 Å². The molecular formula is C23H27F4NO. The maximum absolute atomic E-state index is 13.2. The molecule has 1 N–H and O–H groups in total. The third kappa shape index (κ3) is 5.17. The highest BCUT2D eigenvalue weighted by atomic mass is 19.4. The summed E-state index contributed by atoms with van der Waals surface area (Å²) in [6.45, 7) is 0.576. The lowest BCUT2D eigenvalue weighted by atomic mass is 9.66. The highest BCUT2D eigenvalue weighted by Crippen LogP contribution is 2.46. The van der Waals surface area contributed by atoms with E-state index in [0.717, 1.165) is 24.1 Å². The van der Waals surface area contributed by atoms with E-state index in [2.05, 4.69) is 0 Å². The van der Waals surface area contributed by atoms with Gasteiger partial charge in [-0.3, -0.25) is 0 Å². The monoisotopic (exact) mass is 409 g/mol. The summed E-state index contributed by atoms with van der Waals surface area (Å²) in [5, 5.41) is 11.5. The van der Waals surface area contributed by atoms with Crippen LogP contribution in [0.25, 0.3) is 0 Å². The van der Waals surface area contributed by atoms with Gasteiger partial charge in [0.25, 0.3) is 0 Å². The number of aliphatic hydroxyl groups is 1. The van der Waals surface area contributed by atoms with Gasteiger partial charge in [-0.05, 0) is 81.1 Å². The number of halogens is 4. The summed E-state index contributed by atoms with van der Waals surface area (Å²) in [7, 11) is 3.80. The van der Waals surface area contributed by atoms with Crippen molar-refractivity contribution < 1.29 is 22.7 Å². The number of nitrogens with zero attached hydrogens (tertiary/aromatic N) is 1. The van der Waals surface area contributed by atoms with Crippen LogP contribution in [0.3, 0.4) is 0 Å². The van der Waals surface area contributed by atoms with Crippen molar-refractivity contribution in [1.82, 2.24) is 4.90 Å². The Hall–Kier alpha value is -1.92. The molecule has 0 heterocycles. The molecule has 0 aromatic heterocycles. The highest BCUT2D eigenvalue weighted by molar-refractivity contribution is 5.31. The van der Waals surface area contributed by atoms with Gasteiger partial charge in [-0.1, -0.05) is 24.3 Å². The quantitative estimate of drug-likeness (QED) is 0.682. The number of hydrogen-bond donors (Lipinski definition) is 1. The molecule has 2 aromatic rings. The van der Waals surface area contributed by atoms with Crippen LogP contribution in [0.1, 0.15) is 36.0 Å². The van der Waals surface area contributed by atoms with E-state index in [1.807, 2.05) is 19.0 Å². The SMILES string of the molecule is CN(C)CC1CC(Cc2ccc(F)cc2)CCC1(O)c1cccc(C(F)(F)F)c1. The number of hydrogen-bond acceptors (Lipinski definition) is 2. The number of rotatable bonds is 5. The maximum atomic E-state index is 13.2. The van der Waals surface area contributed by atoms with Crippen molar-refractivity contribution in [3.63, 3.8) is 0 Å². The van der Waals surface area contributed by atoms with E-state index in [4.69, 9.17) is 0 Å². The maximum Gasteiger partial charge on any atom is 0.416 e. The van der Waals surface area contributed by atoms with Gasteiger partial charge in [0.2, 0.25) is 0 Å². The second kappa shape index (κ2) is 8.44. The van der Waals surface area contributed by atoms with Gasteiger partial charge >= 0.3 is 6.18 Å². The van der Waals surface area contributed by atoms with Gasteiger partial charge in [0.05, 0.1) is 11.2 Å². The van der Waals surface area contributed by atoms with Crippen molar-refractivity contribution in [3.05, 3.63) is 71.0 Å². The first kappa shape index (κ1) is 21.8. The Morgan fingerprint density at radius 2 is 1.79 bits per heavy atom. The highest BCUT2D eigenvalue weighted by Gasteiger charge is 2.44. The summed E-state index contributed by atoms with van der Waals surface area (Å²) in [6, 6.07) is 11.5. The van der Waals surface area contributed by atoms with Crippen molar-refractivity contribution in [3.8, 4) is 0 Å². The molecule has 0 spiro atoms. The van der Waals surface area contributed by atoms with Crippen LogP contribution < -0.4 is 0 Å². The summed E-state index contributed by atoms with van der Waals surface area (Å²) < 4.78 is 52.7. The predicted molar refractivity (Wildman–Crippen MR) is 105 cm³/mol. The van der Waals surface area contributed by atoms with Crippen LogP contribution in [0.4, 0.5) is 17.6 Å². The minimum Gasteiger partial charge on any atom is -0.385 e.